The van der Waals surface area contributed by atoms with Crippen molar-refractivity contribution in [1.29, 1.82) is 0 Å². The number of aliphatic imine (C=N–C) groups is 1. The maximum absolute atomic E-state index is 12.0. The summed E-state index contributed by atoms with van der Waals surface area (Å²) in [5.41, 5.74) is -0.195. The molecule has 0 aromatic rings. The highest BCUT2D eigenvalue weighted by atomic mass is 16.6. The van der Waals surface area contributed by atoms with Crippen molar-refractivity contribution in [3.63, 3.8) is 0 Å². The molecule has 0 aliphatic heterocycles. The van der Waals surface area contributed by atoms with E-state index >= 15 is 0 Å². The van der Waals surface area contributed by atoms with Crippen LogP contribution >= 0.6 is 0 Å². The van der Waals surface area contributed by atoms with Crippen molar-refractivity contribution in [2.75, 3.05) is 0 Å². The summed E-state index contributed by atoms with van der Waals surface area (Å²) in [6.45, 7) is 6.96. The molecule has 0 aromatic heterocycles. The lowest BCUT2D eigenvalue weighted by molar-refractivity contribution is -0.144. The Morgan fingerprint density at radius 2 is 1.35 bits per heavy atom. The zero-order valence-corrected chi connectivity index (χ0v) is 12.8. The third kappa shape index (κ3) is 5.72. The topological polar surface area (TPSA) is 65.0 Å². The van der Waals surface area contributed by atoms with E-state index in [2.05, 4.69) is 4.99 Å². The van der Waals surface area contributed by atoms with Gasteiger partial charge in [0.25, 0.3) is 0 Å². The highest BCUT2D eigenvalue weighted by molar-refractivity contribution is 6.62. The Labute approximate surface area is 120 Å². The van der Waals surface area contributed by atoms with Crippen LogP contribution in [0.15, 0.2) is 4.99 Å². The molecule has 0 bridgehead atoms. The number of carbonyl (C=O) groups excluding carboxylic acids is 2. The third-order valence-electron chi connectivity index (χ3n) is 2.96. The standard InChI is InChI=1S/C15H25NO4/c1-10(2)19-14(17)13(15(18)20-11(3)4)16-12-8-6-5-7-9-12/h10-12H,5-9H2,1-4H3. The maximum atomic E-state index is 12.0. The molecule has 5 nitrogen and oxygen atoms in total. The van der Waals surface area contributed by atoms with Crippen LogP contribution in [0.25, 0.3) is 0 Å². The van der Waals surface area contributed by atoms with Crippen LogP contribution in [0, 0.1) is 0 Å². The third-order valence-corrected chi connectivity index (χ3v) is 2.96. The highest BCUT2D eigenvalue weighted by Gasteiger charge is 2.27. The number of hydrogen-bond acceptors (Lipinski definition) is 5. The second-order valence-corrected chi connectivity index (χ2v) is 5.68. The van der Waals surface area contributed by atoms with Crippen molar-refractivity contribution >= 4 is 17.7 Å². The molecule has 20 heavy (non-hydrogen) atoms. The molecule has 0 aromatic carbocycles. The van der Waals surface area contributed by atoms with E-state index < -0.39 is 11.9 Å². The monoisotopic (exact) mass is 283 g/mol. The molecule has 1 aliphatic rings. The van der Waals surface area contributed by atoms with Crippen LogP contribution in [-0.2, 0) is 19.1 Å². The van der Waals surface area contributed by atoms with Gasteiger partial charge >= 0.3 is 11.9 Å². The molecule has 0 N–H and O–H groups in total. The molecule has 114 valence electrons. The first-order chi connectivity index (χ1) is 9.40. The predicted molar refractivity (Wildman–Crippen MR) is 76.8 cm³/mol. The van der Waals surface area contributed by atoms with Crippen LogP contribution < -0.4 is 0 Å². The first kappa shape index (κ1) is 16.7. The summed E-state index contributed by atoms with van der Waals surface area (Å²) >= 11 is 0. The summed E-state index contributed by atoms with van der Waals surface area (Å²) in [5.74, 6) is -1.37. The molecule has 5 heteroatoms. The number of carbonyl (C=O) groups is 2. The first-order valence-corrected chi connectivity index (χ1v) is 7.40. The zero-order chi connectivity index (χ0) is 15.1. The Kier molecular flexibility index (Phi) is 6.68. The number of esters is 2. The minimum absolute atomic E-state index is 0.0261. The number of ether oxygens (including phenoxy) is 2. The van der Waals surface area contributed by atoms with E-state index in [-0.39, 0.29) is 24.0 Å². The summed E-state index contributed by atoms with van der Waals surface area (Å²) < 4.78 is 10.2. The molecule has 1 rings (SSSR count). The number of nitrogens with zero attached hydrogens (tertiary/aromatic N) is 1. The Morgan fingerprint density at radius 3 is 1.75 bits per heavy atom. The lowest BCUT2D eigenvalue weighted by Gasteiger charge is -2.19. The van der Waals surface area contributed by atoms with Gasteiger partial charge in [0, 0.05) is 0 Å². The van der Waals surface area contributed by atoms with E-state index in [1.165, 1.54) is 6.42 Å². The normalized spacial score (nSPS) is 16.1. The van der Waals surface area contributed by atoms with Crippen LogP contribution in [0.4, 0.5) is 0 Å². The van der Waals surface area contributed by atoms with Gasteiger partial charge in [-0.05, 0) is 40.5 Å². The smallest absolute Gasteiger partial charge is 0.364 e. The van der Waals surface area contributed by atoms with Crippen molar-refractivity contribution < 1.29 is 19.1 Å². The van der Waals surface area contributed by atoms with Gasteiger partial charge in [0.15, 0.2) is 0 Å². The highest BCUT2D eigenvalue weighted by Crippen LogP contribution is 2.20. The summed E-state index contributed by atoms with van der Waals surface area (Å²) in [6.07, 6.45) is 4.60. The zero-order valence-electron chi connectivity index (χ0n) is 12.8. The molecule has 0 spiro atoms. The molecule has 0 heterocycles. The van der Waals surface area contributed by atoms with Gasteiger partial charge in [0.2, 0.25) is 5.71 Å². The van der Waals surface area contributed by atoms with Gasteiger partial charge in [-0.15, -0.1) is 0 Å². The molecule has 1 fully saturated rings. The Bertz CT molecular complexity index is 344. The maximum Gasteiger partial charge on any atom is 0.364 e. The Morgan fingerprint density at radius 1 is 0.900 bits per heavy atom. The average Bonchev–Trinajstić information content (AvgIpc) is 2.35. The Balaban J connectivity index is 2.84. The first-order valence-electron chi connectivity index (χ1n) is 7.40. The minimum atomic E-state index is -0.684. The van der Waals surface area contributed by atoms with Crippen molar-refractivity contribution in [3.05, 3.63) is 0 Å². The fourth-order valence-electron chi connectivity index (χ4n) is 2.12. The van der Waals surface area contributed by atoms with Gasteiger partial charge in [-0.2, -0.15) is 0 Å². The van der Waals surface area contributed by atoms with Gasteiger partial charge in [0.1, 0.15) is 0 Å². The molecule has 0 radical (unpaired) electrons. The van der Waals surface area contributed by atoms with Crippen LogP contribution in [0.3, 0.4) is 0 Å². The minimum Gasteiger partial charge on any atom is -0.458 e. The van der Waals surface area contributed by atoms with Crippen molar-refractivity contribution in [2.24, 2.45) is 4.99 Å². The summed E-state index contributed by atoms with van der Waals surface area (Å²) in [7, 11) is 0. The van der Waals surface area contributed by atoms with E-state index in [1.807, 2.05) is 0 Å². The molecule has 0 saturated heterocycles. The van der Waals surface area contributed by atoms with E-state index in [4.69, 9.17) is 9.47 Å². The van der Waals surface area contributed by atoms with Gasteiger partial charge in [0.05, 0.1) is 18.2 Å². The van der Waals surface area contributed by atoms with Gasteiger partial charge < -0.3 is 9.47 Å². The van der Waals surface area contributed by atoms with Crippen molar-refractivity contribution in [1.82, 2.24) is 0 Å². The van der Waals surface area contributed by atoms with Crippen molar-refractivity contribution in [3.8, 4) is 0 Å². The van der Waals surface area contributed by atoms with Gasteiger partial charge in [-0.3, -0.25) is 4.99 Å². The van der Waals surface area contributed by atoms with E-state index in [0.29, 0.717) is 0 Å². The lowest BCUT2D eigenvalue weighted by Crippen LogP contribution is -2.33. The Hall–Kier alpha value is -1.39. The molecule has 0 amide bonds. The average molecular weight is 283 g/mol. The molecule has 0 unspecified atom stereocenters. The van der Waals surface area contributed by atoms with Crippen LogP contribution in [-0.4, -0.2) is 35.9 Å². The fourth-order valence-corrected chi connectivity index (χ4v) is 2.12. The van der Waals surface area contributed by atoms with E-state index in [0.717, 1.165) is 25.7 Å². The fraction of sp³-hybridized carbons (Fsp3) is 0.800. The molecule has 1 aliphatic carbocycles. The second kappa shape index (κ2) is 8.02. The van der Waals surface area contributed by atoms with E-state index in [1.54, 1.807) is 27.7 Å². The number of hydrogen-bond donors (Lipinski definition) is 0. The lowest BCUT2D eigenvalue weighted by atomic mass is 9.96. The summed E-state index contributed by atoms with van der Waals surface area (Å²) in [5, 5.41) is 0. The molecular formula is C15H25NO4. The molecule has 1 saturated carbocycles. The van der Waals surface area contributed by atoms with Gasteiger partial charge in [-0.1, -0.05) is 19.3 Å². The van der Waals surface area contributed by atoms with Crippen LogP contribution in [0.1, 0.15) is 59.8 Å². The summed E-state index contributed by atoms with van der Waals surface area (Å²) in [4.78, 5) is 28.3. The predicted octanol–water partition coefficient (Wildman–Crippen LogP) is 2.66. The number of rotatable bonds is 5. The molecule has 0 atom stereocenters. The van der Waals surface area contributed by atoms with Crippen LogP contribution in [0.5, 0.6) is 0 Å². The quantitative estimate of drug-likeness (QED) is 0.442. The van der Waals surface area contributed by atoms with Gasteiger partial charge in [-0.25, -0.2) is 9.59 Å². The van der Waals surface area contributed by atoms with E-state index in [9.17, 15) is 9.59 Å². The molecular weight excluding hydrogens is 258 g/mol. The second-order valence-electron chi connectivity index (χ2n) is 5.68. The SMILES string of the molecule is CC(C)OC(=O)C(=NC1CCCCC1)C(=O)OC(C)C. The van der Waals surface area contributed by atoms with Crippen LogP contribution in [0.2, 0.25) is 0 Å². The largest absolute Gasteiger partial charge is 0.458 e. The summed E-state index contributed by atoms with van der Waals surface area (Å²) in [6, 6.07) is 0.0261. The van der Waals surface area contributed by atoms with Crippen molar-refractivity contribution in [2.45, 2.75) is 78.0 Å².